The number of rotatable bonds is 8. The summed E-state index contributed by atoms with van der Waals surface area (Å²) in [6, 6.07) is 0. The Morgan fingerprint density at radius 2 is 2.17 bits per heavy atom. The van der Waals surface area contributed by atoms with Crippen molar-refractivity contribution in [1.82, 2.24) is 15.2 Å². The molecule has 5 nitrogen and oxygen atoms in total. The largest absolute Gasteiger partial charge is 0.379 e. The fraction of sp³-hybridized carbons (Fsp3) is 0.750. The van der Waals surface area contributed by atoms with Crippen LogP contribution in [0, 0.1) is 19.8 Å². The number of halogens is 1. The first-order chi connectivity index (χ1) is 10.6. The molecule has 0 bridgehead atoms. The third-order valence-corrected chi connectivity index (χ3v) is 4.96. The van der Waals surface area contributed by atoms with Crippen LogP contribution in [-0.4, -0.2) is 56.2 Å². The van der Waals surface area contributed by atoms with Crippen molar-refractivity contribution in [3.63, 3.8) is 0 Å². The highest BCUT2D eigenvalue weighted by molar-refractivity contribution is 14.0. The minimum absolute atomic E-state index is 0. The maximum Gasteiger partial charge on any atom is 0.193 e. The number of hydrogen-bond acceptors (Lipinski definition) is 4. The Bertz CT molecular complexity index is 502. The van der Waals surface area contributed by atoms with Crippen molar-refractivity contribution in [3.05, 3.63) is 15.6 Å². The molecule has 1 N–H and O–H groups in total. The number of aromatic nitrogens is 1. The van der Waals surface area contributed by atoms with Crippen molar-refractivity contribution in [1.29, 1.82) is 0 Å². The number of likely N-dealkylation sites (N-methyl/N-ethyl adjacent to an activating group) is 1. The molecule has 132 valence electrons. The summed E-state index contributed by atoms with van der Waals surface area (Å²) in [4.78, 5) is 12.3. The lowest BCUT2D eigenvalue weighted by atomic mass is 10.3. The zero-order valence-electron chi connectivity index (χ0n) is 14.6. The maximum absolute atomic E-state index is 5.68. The molecule has 1 heterocycles. The van der Waals surface area contributed by atoms with Gasteiger partial charge in [-0.15, -0.1) is 35.3 Å². The highest BCUT2D eigenvalue weighted by Gasteiger charge is 2.21. The Morgan fingerprint density at radius 1 is 1.43 bits per heavy atom. The molecule has 1 saturated carbocycles. The van der Waals surface area contributed by atoms with E-state index in [4.69, 9.17) is 4.74 Å². The third-order valence-electron chi connectivity index (χ3n) is 3.83. The SMILES string of the molecule is CN=C(NCCc1sc(C)nc1C)N(C)CCOCC1CC1.I. The van der Waals surface area contributed by atoms with Crippen molar-refractivity contribution >= 4 is 41.3 Å². The van der Waals surface area contributed by atoms with E-state index in [-0.39, 0.29) is 24.0 Å². The predicted octanol–water partition coefficient (Wildman–Crippen LogP) is 2.85. The van der Waals surface area contributed by atoms with E-state index < -0.39 is 0 Å². The molecule has 1 aromatic heterocycles. The molecule has 0 amide bonds. The maximum atomic E-state index is 5.68. The van der Waals surface area contributed by atoms with Gasteiger partial charge in [-0.25, -0.2) is 4.98 Å². The summed E-state index contributed by atoms with van der Waals surface area (Å²) < 4.78 is 5.68. The smallest absolute Gasteiger partial charge is 0.193 e. The van der Waals surface area contributed by atoms with Crippen LogP contribution in [0.4, 0.5) is 0 Å². The normalized spacial score (nSPS) is 14.5. The summed E-state index contributed by atoms with van der Waals surface area (Å²) in [7, 11) is 3.88. The van der Waals surface area contributed by atoms with Gasteiger partial charge in [-0.05, 0) is 32.6 Å². The number of guanidine groups is 1. The summed E-state index contributed by atoms with van der Waals surface area (Å²) in [6.45, 7) is 7.57. The number of hydrogen-bond donors (Lipinski definition) is 1. The molecular weight excluding hydrogens is 423 g/mol. The molecule has 1 aliphatic rings. The van der Waals surface area contributed by atoms with Gasteiger partial charge in [0, 0.05) is 45.1 Å². The summed E-state index contributed by atoms with van der Waals surface area (Å²) in [5.41, 5.74) is 1.15. The van der Waals surface area contributed by atoms with Crippen LogP contribution in [0.1, 0.15) is 28.4 Å². The third kappa shape index (κ3) is 7.34. The molecule has 0 saturated heterocycles. The average molecular weight is 452 g/mol. The predicted molar refractivity (Wildman–Crippen MR) is 108 cm³/mol. The van der Waals surface area contributed by atoms with Crippen molar-refractivity contribution in [2.24, 2.45) is 10.9 Å². The molecule has 0 radical (unpaired) electrons. The van der Waals surface area contributed by atoms with Gasteiger partial charge in [0.15, 0.2) is 5.96 Å². The second kappa shape index (κ2) is 10.5. The summed E-state index contributed by atoms with van der Waals surface area (Å²) in [5.74, 6) is 1.75. The quantitative estimate of drug-likeness (QED) is 0.285. The molecule has 23 heavy (non-hydrogen) atoms. The monoisotopic (exact) mass is 452 g/mol. The highest BCUT2D eigenvalue weighted by Crippen LogP contribution is 2.28. The lowest BCUT2D eigenvalue weighted by Gasteiger charge is -2.22. The number of nitrogens with zero attached hydrogens (tertiary/aromatic N) is 3. The standard InChI is InChI=1S/C16H28N4OS.HI/c1-12-15(22-13(2)19-12)7-8-18-16(17-3)20(4)9-10-21-11-14-5-6-14;/h14H,5-11H2,1-4H3,(H,17,18);1H. The number of aliphatic imine (C=N–C) groups is 1. The van der Waals surface area contributed by atoms with E-state index >= 15 is 0 Å². The first-order valence-corrected chi connectivity index (χ1v) is 8.84. The number of ether oxygens (including phenoxy) is 1. The lowest BCUT2D eigenvalue weighted by molar-refractivity contribution is 0.115. The van der Waals surface area contributed by atoms with Crippen LogP contribution in [0.2, 0.25) is 0 Å². The van der Waals surface area contributed by atoms with E-state index in [9.17, 15) is 0 Å². The Hall–Kier alpha value is -0.410. The van der Waals surface area contributed by atoms with Gasteiger partial charge in [0.2, 0.25) is 0 Å². The van der Waals surface area contributed by atoms with E-state index in [2.05, 4.69) is 41.1 Å². The van der Waals surface area contributed by atoms with Crippen LogP contribution >= 0.6 is 35.3 Å². The van der Waals surface area contributed by atoms with Crippen molar-refractivity contribution in [2.75, 3.05) is 40.4 Å². The second-order valence-corrected chi connectivity index (χ2v) is 7.19. The second-order valence-electron chi connectivity index (χ2n) is 5.91. The summed E-state index contributed by atoms with van der Waals surface area (Å²) in [6.07, 6.45) is 3.67. The Morgan fingerprint density at radius 3 is 2.74 bits per heavy atom. The fourth-order valence-electron chi connectivity index (χ4n) is 2.32. The Labute approximate surface area is 160 Å². The number of aryl methyl sites for hydroxylation is 2. The molecule has 0 aromatic carbocycles. The van der Waals surface area contributed by atoms with Gasteiger partial charge in [0.05, 0.1) is 17.3 Å². The molecule has 0 unspecified atom stereocenters. The summed E-state index contributed by atoms with van der Waals surface area (Å²) >= 11 is 1.78. The Kier molecular flexibility index (Phi) is 9.38. The number of thiazole rings is 1. The molecule has 0 spiro atoms. The molecule has 2 rings (SSSR count). The van der Waals surface area contributed by atoms with Crippen LogP contribution in [0.25, 0.3) is 0 Å². The van der Waals surface area contributed by atoms with E-state index in [0.29, 0.717) is 0 Å². The van der Waals surface area contributed by atoms with Gasteiger partial charge in [0.1, 0.15) is 0 Å². The van der Waals surface area contributed by atoms with E-state index in [1.54, 1.807) is 11.3 Å². The zero-order valence-corrected chi connectivity index (χ0v) is 17.7. The van der Waals surface area contributed by atoms with Crippen LogP contribution in [0.15, 0.2) is 4.99 Å². The van der Waals surface area contributed by atoms with Crippen molar-refractivity contribution in [3.8, 4) is 0 Å². The fourth-order valence-corrected chi connectivity index (χ4v) is 3.26. The minimum Gasteiger partial charge on any atom is -0.379 e. The van der Waals surface area contributed by atoms with Gasteiger partial charge < -0.3 is 15.0 Å². The lowest BCUT2D eigenvalue weighted by Crippen LogP contribution is -2.41. The van der Waals surface area contributed by atoms with Crippen molar-refractivity contribution in [2.45, 2.75) is 33.1 Å². The zero-order chi connectivity index (χ0) is 15.9. The van der Waals surface area contributed by atoms with Crippen molar-refractivity contribution < 1.29 is 4.74 Å². The van der Waals surface area contributed by atoms with E-state index in [1.807, 2.05) is 7.05 Å². The van der Waals surface area contributed by atoms with Crippen LogP contribution in [0.3, 0.4) is 0 Å². The molecule has 1 fully saturated rings. The minimum atomic E-state index is 0. The molecule has 7 heteroatoms. The van der Waals surface area contributed by atoms with E-state index in [1.165, 1.54) is 17.7 Å². The molecule has 1 aromatic rings. The van der Waals surface area contributed by atoms with Crippen LogP contribution < -0.4 is 5.32 Å². The van der Waals surface area contributed by atoms with Gasteiger partial charge in [-0.3, -0.25) is 4.99 Å². The molecular formula is C16H29IN4OS. The highest BCUT2D eigenvalue weighted by atomic mass is 127. The van der Waals surface area contributed by atoms with Gasteiger partial charge in [0.25, 0.3) is 0 Å². The van der Waals surface area contributed by atoms with Gasteiger partial charge in [-0.1, -0.05) is 0 Å². The van der Waals surface area contributed by atoms with E-state index in [0.717, 1.165) is 55.3 Å². The van der Waals surface area contributed by atoms with Crippen LogP contribution in [-0.2, 0) is 11.2 Å². The number of nitrogens with one attached hydrogen (secondary N) is 1. The first-order valence-electron chi connectivity index (χ1n) is 8.02. The topological polar surface area (TPSA) is 49.8 Å². The van der Waals surface area contributed by atoms with Gasteiger partial charge >= 0.3 is 0 Å². The van der Waals surface area contributed by atoms with Crippen LogP contribution in [0.5, 0.6) is 0 Å². The molecule has 1 aliphatic carbocycles. The molecule has 0 aliphatic heterocycles. The average Bonchev–Trinajstić information content (AvgIpc) is 3.25. The van der Waals surface area contributed by atoms with Gasteiger partial charge in [-0.2, -0.15) is 0 Å². The summed E-state index contributed by atoms with van der Waals surface area (Å²) in [5, 5.41) is 4.56. The Balaban J connectivity index is 0.00000264. The first kappa shape index (κ1) is 20.6. The molecule has 0 atom stereocenters.